The molecular weight excluding hydrogens is 216 g/mol. The smallest absolute Gasteiger partial charge is 0.322 e. The van der Waals surface area contributed by atoms with E-state index in [1.165, 1.54) is 12.5 Å². The fourth-order valence-electron chi connectivity index (χ4n) is 1.80. The van der Waals surface area contributed by atoms with Crippen LogP contribution in [-0.4, -0.2) is 24.1 Å². The highest BCUT2D eigenvalue weighted by atomic mass is 16.5. The lowest BCUT2D eigenvalue weighted by atomic mass is 10.1. The van der Waals surface area contributed by atoms with Crippen LogP contribution in [0.1, 0.15) is 12.5 Å². The van der Waals surface area contributed by atoms with E-state index in [1.807, 2.05) is 24.4 Å². The normalized spacial score (nSPS) is 12.6. The van der Waals surface area contributed by atoms with Crippen molar-refractivity contribution < 1.29 is 9.53 Å². The molecule has 4 nitrogen and oxygen atoms in total. The number of aromatic amines is 1. The third-order valence-electron chi connectivity index (χ3n) is 2.83. The lowest BCUT2D eigenvalue weighted by molar-refractivity contribution is -0.142. The molecule has 2 aromatic rings. The maximum absolute atomic E-state index is 11.2. The number of fused-ring (bicyclic) bond motifs is 1. The zero-order valence-electron chi connectivity index (χ0n) is 9.99. The van der Waals surface area contributed by atoms with Crippen LogP contribution in [0.4, 0.5) is 0 Å². The maximum Gasteiger partial charge on any atom is 0.322 e. The zero-order chi connectivity index (χ0) is 12.3. The third kappa shape index (κ3) is 2.47. The Balaban J connectivity index is 2.07. The van der Waals surface area contributed by atoms with Gasteiger partial charge in [-0.3, -0.25) is 4.79 Å². The standard InChI is InChI=1S/C13H16N2O2/c1-9(13(16)17-2)14-7-10-8-15-12-6-4-3-5-11(10)12/h3-6,8-9,14-15H,7H2,1-2H3/t9-/m0/s1. The molecule has 1 aromatic carbocycles. The highest BCUT2D eigenvalue weighted by Crippen LogP contribution is 2.17. The SMILES string of the molecule is COC(=O)[C@H](C)NCc1c[nH]c2ccccc12. The first kappa shape index (κ1) is 11.7. The van der Waals surface area contributed by atoms with Crippen molar-refractivity contribution in [1.82, 2.24) is 10.3 Å². The molecule has 0 bridgehead atoms. The second kappa shape index (κ2) is 5.01. The summed E-state index contributed by atoms with van der Waals surface area (Å²) in [6.45, 7) is 2.43. The number of H-pyrrole nitrogens is 1. The van der Waals surface area contributed by atoms with E-state index in [0.717, 1.165) is 11.1 Å². The van der Waals surface area contributed by atoms with Gasteiger partial charge in [0.1, 0.15) is 6.04 Å². The molecule has 0 radical (unpaired) electrons. The molecule has 0 aliphatic heterocycles. The van der Waals surface area contributed by atoms with E-state index in [1.54, 1.807) is 6.92 Å². The van der Waals surface area contributed by atoms with E-state index >= 15 is 0 Å². The molecule has 0 fully saturated rings. The van der Waals surface area contributed by atoms with Gasteiger partial charge < -0.3 is 15.0 Å². The fourth-order valence-corrected chi connectivity index (χ4v) is 1.80. The van der Waals surface area contributed by atoms with Crippen molar-refractivity contribution in [2.24, 2.45) is 0 Å². The van der Waals surface area contributed by atoms with E-state index in [2.05, 4.69) is 21.1 Å². The summed E-state index contributed by atoms with van der Waals surface area (Å²) in [5.41, 5.74) is 2.26. The second-order valence-corrected chi connectivity index (χ2v) is 3.99. The van der Waals surface area contributed by atoms with E-state index in [0.29, 0.717) is 6.54 Å². The molecule has 0 spiro atoms. The van der Waals surface area contributed by atoms with Gasteiger partial charge in [0.15, 0.2) is 0 Å². The number of ether oxygens (including phenoxy) is 1. The Hall–Kier alpha value is -1.81. The van der Waals surface area contributed by atoms with Gasteiger partial charge in [-0.1, -0.05) is 18.2 Å². The Morgan fingerprint density at radius 2 is 2.24 bits per heavy atom. The predicted octanol–water partition coefficient (Wildman–Crippen LogP) is 1.82. The molecular formula is C13H16N2O2. The van der Waals surface area contributed by atoms with Gasteiger partial charge in [0, 0.05) is 23.6 Å². The first-order valence-electron chi connectivity index (χ1n) is 5.58. The first-order chi connectivity index (χ1) is 8.22. The topological polar surface area (TPSA) is 54.1 Å². The van der Waals surface area contributed by atoms with E-state index in [9.17, 15) is 4.79 Å². The molecule has 0 amide bonds. The minimum absolute atomic E-state index is 0.246. The van der Waals surface area contributed by atoms with Gasteiger partial charge in [0.2, 0.25) is 0 Å². The van der Waals surface area contributed by atoms with Crippen LogP contribution >= 0.6 is 0 Å². The van der Waals surface area contributed by atoms with Crippen molar-refractivity contribution in [3.8, 4) is 0 Å². The number of aromatic nitrogens is 1. The highest BCUT2D eigenvalue weighted by Gasteiger charge is 2.12. The van der Waals surface area contributed by atoms with Crippen molar-refractivity contribution in [2.75, 3.05) is 7.11 Å². The van der Waals surface area contributed by atoms with Crippen molar-refractivity contribution in [1.29, 1.82) is 0 Å². The summed E-state index contributed by atoms with van der Waals surface area (Å²) in [6, 6.07) is 7.79. The molecule has 4 heteroatoms. The average molecular weight is 232 g/mol. The molecule has 90 valence electrons. The van der Waals surface area contributed by atoms with Crippen LogP contribution in [-0.2, 0) is 16.1 Å². The summed E-state index contributed by atoms with van der Waals surface area (Å²) in [6.07, 6.45) is 1.96. The van der Waals surface area contributed by atoms with Gasteiger partial charge in [-0.25, -0.2) is 0 Å². The number of methoxy groups -OCH3 is 1. The third-order valence-corrected chi connectivity index (χ3v) is 2.83. The lowest BCUT2D eigenvalue weighted by Crippen LogP contribution is -2.34. The fraction of sp³-hybridized carbons (Fsp3) is 0.308. The molecule has 0 aliphatic rings. The number of esters is 1. The Morgan fingerprint density at radius 3 is 3.00 bits per heavy atom. The van der Waals surface area contributed by atoms with Crippen molar-refractivity contribution in [3.05, 3.63) is 36.0 Å². The first-order valence-corrected chi connectivity index (χ1v) is 5.58. The largest absolute Gasteiger partial charge is 0.468 e. The van der Waals surface area contributed by atoms with Crippen molar-refractivity contribution in [3.63, 3.8) is 0 Å². The van der Waals surface area contributed by atoms with E-state index in [4.69, 9.17) is 0 Å². The summed E-state index contributed by atoms with van der Waals surface area (Å²) in [4.78, 5) is 14.4. The number of hydrogen-bond acceptors (Lipinski definition) is 3. The number of rotatable bonds is 4. The Kier molecular flexibility index (Phi) is 3.44. The van der Waals surface area contributed by atoms with E-state index < -0.39 is 0 Å². The number of hydrogen-bond donors (Lipinski definition) is 2. The molecule has 0 saturated heterocycles. The van der Waals surface area contributed by atoms with Crippen LogP contribution in [0.15, 0.2) is 30.5 Å². The van der Waals surface area contributed by atoms with Crippen molar-refractivity contribution >= 4 is 16.9 Å². The summed E-state index contributed by atoms with van der Waals surface area (Å²) in [5.74, 6) is -0.246. The van der Waals surface area contributed by atoms with Gasteiger partial charge in [0.05, 0.1) is 7.11 Å². The average Bonchev–Trinajstić information content (AvgIpc) is 2.78. The molecule has 0 unspecified atom stereocenters. The number of nitrogens with one attached hydrogen (secondary N) is 2. The van der Waals surface area contributed by atoms with Crippen LogP contribution in [0.3, 0.4) is 0 Å². The van der Waals surface area contributed by atoms with Crippen LogP contribution in [0.5, 0.6) is 0 Å². The number of carbonyl (C=O) groups is 1. The monoisotopic (exact) mass is 232 g/mol. The molecule has 2 N–H and O–H groups in total. The number of para-hydroxylation sites is 1. The minimum Gasteiger partial charge on any atom is -0.468 e. The minimum atomic E-state index is -0.298. The van der Waals surface area contributed by atoms with Gasteiger partial charge in [0.25, 0.3) is 0 Å². The van der Waals surface area contributed by atoms with Gasteiger partial charge >= 0.3 is 5.97 Å². The highest BCUT2D eigenvalue weighted by molar-refractivity contribution is 5.83. The van der Waals surface area contributed by atoms with Gasteiger partial charge in [-0.2, -0.15) is 0 Å². The Morgan fingerprint density at radius 1 is 1.47 bits per heavy atom. The summed E-state index contributed by atoms with van der Waals surface area (Å²) >= 11 is 0. The molecule has 1 aromatic heterocycles. The van der Waals surface area contributed by atoms with Crippen molar-refractivity contribution in [2.45, 2.75) is 19.5 Å². The van der Waals surface area contributed by atoms with Gasteiger partial charge in [-0.15, -0.1) is 0 Å². The van der Waals surface area contributed by atoms with Crippen LogP contribution in [0.25, 0.3) is 10.9 Å². The quantitative estimate of drug-likeness (QED) is 0.791. The maximum atomic E-state index is 11.2. The second-order valence-electron chi connectivity index (χ2n) is 3.99. The molecule has 17 heavy (non-hydrogen) atoms. The summed E-state index contributed by atoms with van der Waals surface area (Å²) in [7, 11) is 1.40. The Labute approximate surface area is 100.0 Å². The number of benzene rings is 1. The zero-order valence-corrected chi connectivity index (χ0v) is 9.99. The van der Waals surface area contributed by atoms with Crippen LogP contribution < -0.4 is 5.32 Å². The summed E-state index contributed by atoms with van der Waals surface area (Å²) < 4.78 is 4.66. The molecule has 2 rings (SSSR count). The molecule has 0 aliphatic carbocycles. The summed E-state index contributed by atoms with van der Waals surface area (Å²) in [5, 5.41) is 4.31. The van der Waals surface area contributed by atoms with Crippen LogP contribution in [0.2, 0.25) is 0 Å². The molecule has 1 heterocycles. The lowest BCUT2D eigenvalue weighted by Gasteiger charge is -2.10. The predicted molar refractivity (Wildman–Crippen MR) is 66.6 cm³/mol. The number of carbonyl (C=O) groups excluding carboxylic acids is 1. The molecule has 0 saturated carbocycles. The van der Waals surface area contributed by atoms with Gasteiger partial charge in [-0.05, 0) is 18.6 Å². The molecule has 1 atom stereocenters. The Bertz CT molecular complexity index is 519. The van der Waals surface area contributed by atoms with Crippen LogP contribution in [0, 0.1) is 0 Å². The van der Waals surface area contributed by atoms with E-state index in [-0.39, 0.29) is 12.0 Å².